The van der Waals surface area contributed by atoms with Gasteiger partial charge in [0.25, 0.3) is 10.0 Å². The highest BCUT2D eigenvalue weighted by Gasteiger charge is 2.34. The van der Waals surface area contributed by atoms with Crippen molar-refractivity contribution in [2.45, 2.75) is 25.3 Å². The minimum atomic E-state index is -3.66. The molecule has 1 aliphatic heterocycles. The molecule has 1 aromatic carbocycles. The SMILES string of the molecule is CCc1nc2sc(C)nn2c1S(=O)(=O)N1CCN(c2ccc(Cl)cc2)CC1. The number of aryl methyl sites for hydroxylation is 2. The number of nitrogens with zero attached hydrogens (tertiary/aromatic N) is 5. The summed E-state index contributed by atoms with van der Waals surface area (Å²) >= 11 is 7.35. The highest BCUT2D eigenvalue weighted by atomic mass is 35.5. The van der Waals surface area contributed by atoms with Crippen LogP contribution in [0, 0.1) is 6.92 Å². The van der Waals surface area contributed by atoms with Crippen LogP contribution in [0.15, 0.2) is 29.3 Å². The molecular weight excluding hydrogens is 406 g/mol. The van der Waals surface area contributed by atoms with Gasteiger partial charge in [0.05, 0.1) is 5.69 Å². The molecule has 0 aliphatic carbocycles. The van der Waals surface area contributed by atoms with E-state index in [1.807, 2.05) is 38.1 Å². The predicted octanol–water partition coefficient (Wildman–Crippen LogP) is 2.83. The molecule has 0 atom stereocenters. The number of imidazole rings is 1. The number of piperazine rings is 1. The summed E-state index contributed by atoms with van der Waals surface area (Å²) in [5.41, 5.74) is 1.63. The van der Waals surface area contributed by atoms with Crippen molar-refractivity contribution in [2.75, 3.05) is 31.1 Å². The van der Waals surface area contributed by atoms with Gasteiger partial charge in [0.1, 0.15) is 5.01 Å². The molecule has 0 unspecified atom stereocenters. The highest BCUT2D eigenvalue weighted by Crippen LogP contribution is 2.27. The van der Waals surface area contributed by atoms with E-state index in [9.17, 15) is 8.42 Å². The molecule has 1 aliphatic rings. The zero-order valence-electron chi connectivity index (χ0n) is 15.1. The van der Waals surface area contributed by atoms with E-state index in [2.05, 4.69) is 15.0 Å². The maximum atomic E-state index is 13.3. The van der Waals surface area contributed by atoms with Crippen LogP contribution in [-0.2, 0) is 16.4 Å². The molecule has 0 bridgehead atoms. The van der Waals surface area contributed by atoms with Crippen molar-refractivity contribution in [1.82, 2.24) is 18.9 Å². The van der Waals surface area contributed by atoms with E-state index in [0.29, 0.717) is 48.3 Å². The van der Waals surface area contributed by atoms with Gasteiger partial charge >= 0.3 is 0 Å². The lowest BCUT2D eigenvalue weighted by Gasteiger charge is -2.35. The number of sulfonamides is 1. The summed E-state index contributed by atoms with van der Waals surface area (Å²) in [6.45, 7) is 5.86. The number of hydrogen-bond donors (Lipinski definition) is 0. The van der Waals surface area contributed by atoms with E-state index in [4.69, 9.17) is 11.6 Å². The molecule has 144 valence electrons. The predicted molar refractivity (Wildman–Crippen MR) is 107 cm³/mol. The highest BCUT2D eigenvalue weighted by molar-refractivity contribution is 7.89. The first-order valence-electron chi connectivity index (χ1n) is 8.76. The van der Waals surface area contributed by atoms with E-state index in [1.165, 1.54) is 20.2 Å². The fourth-order valence-electron chi connectivity index (χ4n) is 3.32. The van der Waals surface area contributed by atoms with E-state index in [1.54, 1.807) is 0 Å². The van der Waals surface area contributed by atoms with Gasteiger partial charge < -0.3 is 4.90 Å². The van der Waals surface area contributed by atoms with Crippen molar-refractivity contribution in [1.29, 1.82) is 0 Å². The zero-order chi connectivity index (χ0) is 19.2. The summed E-state index contributed by atoms with van der Waals surface area (Å²) in [5, 5.41) is 6.06. The van der Waals surface area contributed by atoms with Crippen LogP contribution in [0.1, 0.15) is 17.6 Å². The molecule has 0 saturated carbocycles. The van der Waals surface area contributed by atoms with Crippen molar-refractivity contribution in [3.05, 3.63) is 40.0 Å². The summed E-state index contributed by atoms with van der Waals surface area (Å²) in [6, 6.07) is 7.61. The van der Waals surface area contributed by atoms with Gasteiger partial charge in [0.2, 0.25) is 4.96 Å². The average Bonchev–Trinajstić information content (AvgIpc) is 3.17. The molecule has 27 heavy (non-hydrogen) atoms. The summed E-state index contributed by atoms with van der Waals surface area (Å²) < 4.78 is 29.7. The van der Waals surface area contributed by atoms with Gasteiger partial charge in [-0.2, -0.15) is 13.9 Å². The van der Waals surface area contributed by atoms with Crippen LogP contribution >= 0.6 is 22.9 Å². The largest absolute Gasteiger partial charge is 0.369 e. The first kappa shape index (κ1) is 18.7. The third-order valence-corrected chi connectivity index (χ3v) is 7.70. The maximum absolute atomic E-state index is 13.3. The number of hydrogen-bond acceptors (Lipinski definition) is 6. The van der Waals surface area contributed by atoms with Gasteiger partial charge in [-0.15, -0.1) is 0 Å². The fourth-order valence-corrected chi connectivity index (χ4v) is 5.98. The van der Waals surface area contributed by atoms with Crippen LogP contribution in [0.5, 0.6) is 0 Å². The third kappa shape index (κ3) is 3.33. The van der Waals surface area contributed by atoms with Crippen LogP contribution in [0.3, 0.4) is 0 Å². The Bertz CT molecular complexity index is 1070. The molecular formula is C17H20ClN5O2S2. The van der Waals surface area contributed by atoms with Crippen LogP contribution in [0.25, 0.3) is 4.96 Å². The molecule has 1 fully saturated rings. The number of benzene rings is 1. The number of anilines is 1. The Morgan fingerprint density at radius 1 is 1.15 bits per heavy atom. The summed E-state index contributed by atoms with van der Waals surface area (Å²) in [5.74, 6) is 0. The lowest BCUT2D eigenvalue weighted by atomic mass is 10.2. The van der Waals surface area contributed by atoms with E-state index in [0.717, 1.165) is 10.7 Å². The Balaban J connectivity index is 1.60. The molecule has 1 saturated heterocycles. The minimum absolute atomic E-state index is 0.212. The molecule has 4 rings (SSSR count). The van der Waals surface area contributed by atoms with Crippen molar-refractivity contribution in [3.8, 4) is 0 Å². The Labute approximate surface area is 167 Å². The summed E-state index contributed by atoms with van der Waals surface area (Å²) in [6.07, 6.45) is 0.550. The normalized spacial score (nSPS) is 16.3. The summed E-state index contributed by atoms with van der Waals surface area (Å²) in [4.78, 5) is 7.27. The number of halogens is 1. The number of aromatic nitrogens is 3. The number of fused-ring (bicyclic) bond motifs is 1. The van der Waals surface area contributed by atoms with Gasteiger partial charge in [0, 0.05) is 36.9 Å². The van der Waals surface area contributed by atoms with Crippen LogP contribution in [-0.4, -0.2) is 53.5 Å². The Hall–Kier alpha value is -1.68. The first-order valence-corrected chi connectivity index (χ1v) is 11.4. The number of rotatable bonds is 4. The monoisotopic (exact) mass is 425 g/mol. The smallest absolute Gasteiger partial charge is 0.262 e. The molecule has 7 nitrogen and oxygen atoms in total. The Kier molecular flexibility index (Phi) is 4.87. The lowest BCUT2D eigenvalue weighted by Crippen LogP contribution is -2.49. The standard InChI is InChI=1S/C17H20ClN5O2S2/c1-3-15-16(23-17(19-15)26-12(2)20-23)27(24,25)22-10-8-21(9-11-22)14-6-4-13(18)5-7-14/h4-7H,3,8-11H2,1-2H3. The van der Waals surface area contributed by atoms with Gasteiger partial charge in [0.15, 0.2) is 5.03 Å². The molecule has 0 spiro atoms. The van der Waals surface area contributed by atoms with Gasteiger partial charge in [-0.3, -0.25) is 0 Å². The molecule has 2 aromatic heterocycles. The second-order valence-electron chi connectivity index (χ2n) is 6.40. The topological polar surface area (TPSA) is 70.8 Å². The minimum Gasteiger partial charge on any atom is -0.369 e. The van der Waals surface area contributed by atoms with Crippen molar-refractivity contribution in [3.63, 3.8) is 0 Å². The second-order valence-corrected chi connectivity index (χ2v) is 9.85. The Morgan fingerprint density at radius 2 is 1.81 bits per heavy atom. The molecule has 0 amide bonds. The van der Waals surface area contributed by atoms with E-state index < -0.39 is 10.0 Å². The first-order chi connectivity index (χ1) is 12.9. The molecule has 3 heterocycles. The fraction of sp³-hybridized carbons (Fsp3) is 0.412. The van der Waals surface area contributed by atoms with Crippen LogP contribution in [0.4, 0.5) is 5.69 Å². The van der Waals surface area contributed by atoms with E-state index >= 15 is 0 Å². The van der Waals surface area contributed by atoms with Gasteiger partial charge in [-0.25, -0.2) is 13.4 Å². The molecule has 10 heteroatoms. The van der Waals surface area contributed by atoms with Gasteiger partial charge in [-0.05, 0) is 37.6 Å². The lowest BCUT2D eigenvalue weighted by molar-refractivity contribution is 0.382. The van der Waals surface area contributed by atoms with Crippen LogP contribution < -0.4 is 4.90 Å². The van der Waals surface area contributed by atoms with Crippen molar-refractivity contribution >= 4 is 43.6 Å². The third-order valence-electron chi connectivity index (χ3n) is 4.68. The van der Waals surface area contributed by atoms with Crippen LogP contribution in [0.2, 0.25) is 5.02 Å². The van der Waals surface area contributed by atoms with Gasteiger partial charge in [-0.1, -0.05) is 29.9 Å². The Morgan fingerprint density at radius 3 is 2.44 bits per heavy atom. The maximum Gasteiger partial charge on any atom is 0.262 e. The van der Waals surface area contributed by atoms with E-state index in [-0.39, 0.29) is 5.03 Å². The average molecular weight is 426 g/mol. The van der Waals surface area contributed by atoms with Crippen molar-refractivity contribution < 1.29 is 8.42 Å². The molecule has 0 N–H and O–H groups in total. The summed E-state index contributed by atoms with van der Waals surface area (Å²) in [7, 11) is -3.66. The quantitative estimate of drug-likeness (QED) is 0.642. The second kappa shape index (κ2) is 7.05. The molecule has 3 aromatic rings. The van der Waals surface area contributed by atoms with Crippen molar-refractivity contribution in [2.24, 2.45) is 0 Å². The zero-order valence-corrected chi connectivity index (χ0v) is 17.5. The molecule has 0 radical (unpaired) electrons.